The van der Waals surface area contributed by atoms with Crippen LogP contribution in [0.2, 0.25) is 0 Å². The monoisotopic (exact) mass is 341 g/mol. The van der Waals surface area contributed by atoms with Gasteiger partial charge < -0.3 is 4.74 Å². The summed E-state index contributed by atoms with van der Waals surface area (Å²) in [5.74, 6) is -0.796. The van der Waals surface area contributed by atoms with Crippen LogP contribution in [0.15, 0.2) is 48.5 Å². The SMILES string of the molecule is CC(=O)CC(=O)OCc1ccccc1CCc1ccccc1[N+](=O)[O-]. The number of ketones is 1. The summed E-state index contributed by atoms with van der Waals surface area (Å²) >= 11 is 0. The summed E-state index contributed by atoms with van der Waals surface area (Å²) in [6.07, 6.45) is 0.860. The number of carbonyl (C=O) groups is 2. The molecular weight excluding hydrogens is 322 g/mol. The Labute approximate surface area is 145 Å². The number of hydrogen-bond acceptors (Lipinski definition) is 5. The highest BCUT2D eigenvalue weighted by molar-refractivity contribution is 5.94. The third-order valence-corrected chi connectivity index (χ3v) is 3.75. The predicted molar refractivity (Wildman–Crippen MR) is 92.0 cm³/mol. The average molecular weight is 341 g/mol. The van der Waals surface area contributed by atoms with Crippen LogP contribution >= 0.6 is 0 Å². The molecule has 0 saturated heterocycles. The van der Waals surface area contributed by atoms with Gasteiger partial charge in [-0.2, -0.15) is 0 Å². The van der Waals surface area contributed by atoms with Gasteiger partial charge in [-0.05, 0) is 30.9 Å². The molecule has 2 rings (SSSR count). The molecule has 0 radical (unpaired) electrons. The van der Waals surface area contributed by atoms with Gasteiger partial charge in [0.2, 0.25) is 0 Å². The van der Waals surface area contributed by atoms with Crippen LogP contribution in [0.1, 0.15) is 30.0 Å². The van der Waals surface area contributed by atoms with E-state index in [2.05, 4.69) is 0 Å². The zero-order valence-corrected chi connectivity index (χ0v) is 13.9. The van der Waals surface area contributed by atoms with E-state index in [1.807, 2.05) is 24.3 Å². The number of Topliss-reactive ketones (excluding diaryl/α,β-unsaturated/α-hetero) is 1. The van der Waals surface area contributed by atoms with E-state index in [4.69, 9.17) is 4.74 Å². The standard InChI is InChI=1S/C19H19NO5/c1-14(21)12-19(22)25-13-17-8-3-2-6-15(17)10-11-16-7-4-5-9-18(16)20(23)24/h2-9H,10-13H2,1H3. The second-order valence-corrected chi connectivity index (χ2v) is 5.69. The topological polar surface area (TPSA) is 86.5 Å². The number of nitro groups is 1. The molecule has 0 aliphatic carbocycles. The predicted octanol–water partition coefficient (Wildman–Crippen LogP) is 3.40. The third kappa shape index (κ3) is 5.53. The molecule has 0 bridgehead atoms. The number of para-hydroxylation sites is 1. The van der Waals surface area contributed by atoms with Crippen molar-refractivity contribution >= 4 is 17.4 Å². The Morgan fingerprint density at radius 1 is 0.960 bits per heavy atom. The molecule has 0 fully saturated rings. The molecule has 130 valence electrons. The minimum absolute atomic E-state index is 0.0825. The molecular formula is C19H19NO5. The number of ether oxygens (including phenoxy) is 1. The Morgan fingerprint density at radius 2 is 1.52 bits per heavy atom. The van der Waals surface area contributed by atoms with Crippen LogP contribution in [0.4, 0.5) is 5.69 Å². The molecule has 25 heavy (non-hydrogen) atoms. The molecule has 0 saturated carbocycles. The van der Waals surface area contributed by atoms with Crippen LogP contribution in [0.5, 0.6) is 0 Å². The van der Waals surface area contributed by atoms with E-state index in [9.17, 15) is 19.7 Å². The van der Waals surface area contributed by atoms with E-state index in [-0.39, 0.29) is 29.4 Å². The summed E-state index contributed by atoms with van der Waals surface area (Å²) in [4.78, 5) is 33.1. The number of hydrogen-bond donors (Lipinski definition) is 0. The maximum absolute atomic E-state index is 11.5. The lowest BCUT2D eigenvalue weighted by atomic mass is 9.99. The van der Waals surface area contributed by atoms with Gasteiger partial charge >= 0.3 is 5.97 Å². The highest BCUT2D eigenvalue weighted by atomic mass is 16.6. The fourth-order valence-electron chi connectivity index (χ4n) is 2.52. The van der Waals surface area contributed by atoms with Crippen molar-refractivity contribution in [1.29, 1.82) is 0 Å². The fourth-order valence-corrected chi connectivity index (χ4v) is 2.52. The van der Waals surface area contributed by atoms with E-state index in [1.165, 1.54) is 13.0 Å². The molecule has 0 heterocycles. The Balaban J connectivity index is 2.05. The van der Waals surface area contributed by atoms with Crippen LogP contribution < -0.4 is 0 Å². The minimum atomic E-state index is -0.555. The molecule has 0 atom stereocenters. The smallest absolute Gasteiger partial charge is 0.313 e. The highest BCUT2D eigenvalue weighted by Crippen LogP contribution is 2.21. The van der Waals surface area contributed by atoms with E-state index < -0.39 is 5.97 Å². The number of nitrogens with zero attached hydrogens (tertiary/aromatic N) is 1. The van der Waals surface area contributed by atoms with Gasteiger partial charge in [0.1, 0.15) is 18.8 Å². The number of carbonyl (C=O) groups excluding carboxylic acids is 2. The Kier molecular flexibility index (Phi) is 6.39. The summed E-state index contributed by atoms with van der Waals surface area (Å²) in [7, 11) is 0. The first-order valence-electron chi connectivity index (χ1n) is 7.91. The van der Waals surface area contributed by atoms with Crippen molar-refractivity contribution in [2.75, 3.05) is 0 Å². The van der Waals surface area contributed by atoms with Gasteiger partial charge in [0.15, 0.2) is 0 Å². The summed E-state index contributed by atoms with van der Waals surface area (Å²) in [6, 6.07) is 14.1. The van der Waals surface area contributed by atoms with E-state index in [1.54, 1.807) is 18.2 Å². The zero-order chi connectivity index (χ0) is 18.2. The second kappa shape index (κ2) is 8.73. The van der Waals surface area contributed by atoms with Crippen LogP contribution in [0.3, 0.4) is 0 Å². The molecule has 0 amide bonds. The van der Waals surface area contributed by atoms with Gasteiger partial charge in [0.05, 0.1) is 4.92 Å². The normalized spacial score (nSPS) is 10.3. The molecule has 0 aliphatic heterocycles. The lowest BCUT2D eigenvalue weighted by molar-refractivity contribution is -0.385. The number of aryl methyl sites for hydroxylation is 2. The lowest BCUT2D eigenvalue weighted by Gasteiger charge is -2.10. The first-order chi connectivity index (χ1) is 12.0. The van der Waals surface area contributed by atoms with Crippen LogP contribution in [-0.2, 0) is 33.8 Å². The Bertz CT molecular complexity index is 785. The number of nitro benzene ring substituents is 1. The number of benzene rings is 2. The summed E-state index contributed by atoms with van der Waals surface area (Å²) < 4.78 is 5.13. The van der Waals surface area contributed by atoms with Gasteiger partial charge in [0.25, 0.3) is 5.69 Å². The minimum Gasteiger partial charge on any atom is -0.460 e. The first kappa shape index (κ1) is 18.3. The molecule has 2 aromatic carbocycles. The van der Waals surface area contributed by atoms with Crippen molar-refractivity contribution in [3.05, 3.63) is 75.3 Å². The van der Waals surface area contributed by atoms with Gasteiger partial charge in [0, 0.05) is 11.6 Å². The maximum Gasteiger partial charge on any atom is 0.313 e. The Hall–Kier alpha value is -3.02. The van der Waals surface area contributed by atoms with Crippen LogP contribution in [0.25, 0.3) is 0 Å². The van der Waals surface area contributed by atoms with E-state index in [0.29, 0.717) is 18.4 Å². The van der Waals surface area contributed by atoms with Crippen molar-refractivity contribution in [2.45, 2.75) is 32.8 Å². The number of esters is 1. The van der Waals surface area contributed by atoms with E-state index in [0.717, 1.165) is 11.1 Å². The fraction of sp³-hybridized carbons (Fsp3) is 0.263. The largest absolute Gasteiger partial charge is 0.460 e. The van der Waals surface area contributed by atoms with Crippen molar-refractivity contribution in [3.63, 3.8) is 0 Å². The van der Waals surface area contributed by atoms with Crippen LogP contribution in [0, 0.1) is 10.1 Å². The first-order valence-corrected chi connectivity index (χ1v) is 7.91. The second-order valence-electron chi connectivity index (χ2n) is 5.69. The van der Waals surface area contributed by atoms with Gasteiger partial charge in [-0.3, -0.25) is 19.7 Å². The molecule has 0 spiro atoms. The zero-order valence-electron chi connectivity index (χ0n) is 13.9. The molecule has 6 heteroatoms. The molecule has 0 N–H and O–H groups in total. The van der Waals surface area contributed by atoms with Crippen molar-refractivity contribution in [2.24, 2.45) is 0 Å². The molecule has 6 nitrogen and oxygen atoms in total. The number of rotatable bonds is 8. The lowest BCUT2D eigenvalue weighted by Crippen LogP contribution is -2.10. The molecule has 0 unspecified atom stereocenters. The maximum atomic E-state index is 11.5. The Morgan fingerprint density at radius 3 is 2.16 bits per heavy atom. The van der Waals surface area contributed by atoms with Crippen molar-refractivity contribution in [3.8, 4) is 0 Å². The summed E-state index contributed by atoms with van der Waals surface area (Å²) in [5, 5.41) is 11.1. The third-order valence-electron chi connectivity index (χ3n) is 3.75. The average Bonchev–Trinajstić information content (AvgIpc) is 2.58. The van der Waals surface area contributed by atoms with Crippen molar-refractivity contribution in [1.82, 2.24) is 0 Å². The van der Waals surface area contributed by atoms with Gasteiger partial charge in [-0.1, -0.05) is 42.5 Å². The molecule has 0 aromatic heterocycles. The molecule has 0 aliphatic rings. The highest BCUT2D eigenvalue weighted by Gasteiger charge is 2.13. The quantitative estimate of drug-likeness (QED) is 0.318. The summed E-state index contributed by atoms with van der Waals surface area (Å²) in [5.41, 5.74) is 2.55. The summed E-state index contributed by atoms with van der Waals surface area (Å²) in [6.45, 7) is 1.42. The van der Waals surface area contributed by atoms with Gasteiger partial charge in [-0.25, -0.2) is 0 Å². The molecule has 2 aromatic rings. The van der Waals surface area contributed by atoms with Crippen molar-refractivity contribution < 1.29 is 19.2 Å². The van der Waals surface area contributed by atoms with Gasteiger partial charge in [-0.15, -0.1) is 0 Å². The van der Waals surface area contributed by atoms with E-state index >= 15 is 0 Å². The van der Waals surface area contributed by atoms with Crippen LogP contribution in [-0.4, -0.2) is 16.7 Å².